The molecule has 1 atom stereocenters. The largest absolute Gasteiger partial charge is 0.509 e. The summed E-state index contributed by atoms with van der Waals surface area (Å²) >= 11 is 0. The fourth-order valence-electron chi connectivity index (χ4n) is 2.69. The molecule has 6 heteroatoms. The van der Waals surface area contributed by atoms with E-state index in [-0.39, 0.29) is 22.6 Å². The van der Waals surface area contributed by atoms with Crippen LogP contribution in [-0.2, 0) is 11.2 Å². The van der Waals surface area contributed by atoms with Gasteiger partial charge in [0, 0.05) is 6.07 Å². The third-order valence-corrected chi connectivity index (χ3v) is 3.77. The van der Waals surface area contributed by atoms with Crippen LogP contribution < -0.4 is 5.32 Å². The van der Waals surface area contributed by atoms with Crippen molar-refractivity contribution >= 4 is 17.2 Å². The molecular formula is C17H14N2O4. The molecule has 1 unspecified atom stereocenters. The zero-order chi connectivity index (χ0) is 16.4. The Labute approximate surface area is 132 Å². The lowest BCUT2D eigenvalue weighted by atomic mass is 10.0. The van der Waals surface area contributed by atoms with Crippen molar-refractivity contribution < 1.29 is 14.8 Å². The van der Waals surface area contributed by atoms with Crippen LogP contribution in [0, 0.1) is 10.1 Å². The first-order valence-electron chi connectivity index (χ1n) is 7.09. The van der Waals surface area contributed by atoms with Gasteiger partial charge >= 0.3 is 0 Å². The van der Waals surface area contributed by atoms with Crippen LogP contribution in [-0.4, -0.2) is 22.0 Å². The number of hydrogen-bond acceptors (Lipinski definition) is 4. The second kappa shape index (κ2) is 5.92. The van der Waals surface area contributed by atoms with E-state index < -0.39 is 16.9 Å². The molecule has 0 aromatic heterocycles. The molecule has 3 rings (SSSR count). The van der Waals surface area contributed by atoms with Crippen LogP contribution in [0.5, 0.6) is 0 Å². The van der Waals surface area contributed by atoms with Gasteiger partial charge in [0.2, 0.25) is 0 Å². The van der Waals surface area contributed by atoms with E-state index in [1.807, 2.05) is 30.3 Å². The minimum Gasteiger partial charge on any atom is -0.509 e. The molecule has 0 bridgehead atoms. The Morgan fingerprint density at radius 1 is 1.09 bits per heavy atom. The molecule has 1 aliphatic heterocycles. The Kier molecular flexibility index (Phi) is 3.80. The minimum absolute atomic E-state index is 0.0294. The quantitative estimate of drug-likeness (QED) is 0.670. The van der Waals surface area contributed by atoms with Crippen LogP contribution in [0.15, 0.2) is 60.4 Å². The molecule has 1 amide bonds. The molecule has 6 nitrogen and oxygen atoms in total. The zero-order valence-corrected chi connectivity index (χ0v) is 12.1. The highest BCUT2D eigenvalue weighted by Gasteiger charge is 2.35. The normalized spacial score (nSPS) is 17.2. The average molecular weight is 310 g/mol. The molecule has 0 aliphatic carbocycles. The second-order valence-corrected chi connectivity index (χ2v) is 5.25. The van der Waals surface area contributed by atoms with E-state index >= 15 is 0 Å². The predicted molar refractivity (Wildman–Crippen MR) is 84.7 cm³/mol. The number of aliphatic hydroxyl groups is 1. The van der Waals surface area contributed by atoms with Gasteiger partial charge in [0.15, 0.2) is 0 Å². The van der Waals surface area contributed by atoms with E-state index in [2.05, 4.69) is 5.32 Å². The smallest absolute Gasteiger partial charge is 0.277 e. The summed E-state index contributed by atoms with van der Waals surface area (Å²) in [5, 5.41) is 24.2. The number of carbonyl (C=O) groups is 1. The van der Waals surface area contributed by atoms with E-state index in [4.69, 9.17) is 0 Å². The monoisotopic (exact) mass is 310 g/mol. The second-order valence-electron chi connectivity index (χ2n) is 5.25. The van der Waals surface area contributed by atoms with Crippen molar-refractivity contribution in [1.29, 1.82) is 0 Å². The fraction of sp³-hybridized carbons (Fsp3) is 0.118. The maximum Gasteiger partial charge on any atom is 0.277 e. The van der Waals surface area contributed by atoms with Crippen molar-refractivity contribution in [1.82, 2.24) is 5.32 Å². The SMILES string of the molecule is O=C1NC(Cc2ccccc2)C(O)=C1c1ccccc1[N+](=O)[O-]. The number of nitro benzene ring substituents is 1. The van der Waals surface area contributed by atoms with Crippen LogP contribution in [0.1, 0.15) is 11.1 Å². The van der Waals surface area contributed by atoms with Gasteiger partial charge in [0.25, 0.3) is 11.6 Å². The Hall–Kier alpha value is -3.15. The third kappa shape index (κ3) is 2.78. The number of amides is 1. The van der Waals surface area contributed by atoms with E-state index in [0.29, 0.717) is 6.42 Å². The van der Waals surface area contributed by atoms with Gasteiger partial charge in [-0.05, 0) is 18.1 Å². The van der Waals surface area contributed by atoms with Gasteiger partial charge in [0.05, 0.1) is 22.1 Å². The summed E-state index contributed by atoms with van der Waals surface area (Å²) in [4.78, 5) is 22.8. The lowest BCUT2D eigenvalue weighted by molar-refractivity contribution is -0.385. The van der Waals surface area contributed by atoms with Crippen molar-refractivity contribution in [2.24, 2.45) is 0 Å². The van der Waals surface area contributed by atoms with Crippen molar-refractivity contribution in [3.63, 3.8) is 0 Å². The predicted octanol–water partition coefficient (Wildman–Crippen LogP) is 2.61. The van der Waals surface area contributed by atoms with E-state index in [9.17, 15) is 20.0 Å². The molecule has 0 saturated heterocycles. The standard InChI is InChI=1S/C17H14N2O4/c20-16-13(10-11-6-2-1-3-7-11)18-17(21)15(16)12-8-4-5-9-14(12)19(22)23/h1-9,13,20H,10H2,(H,18,21). The summed E-state index contributed by atoms with van der Waals surface area (Å²) < 4.78 is 0. The Morgan fingerprint density at radius 3 is 2.43 bits per heavy atom. The molecule has 1 aliphatic rings. The van der Waals surface area contributed by atoms with Gasteiger partial charge in [-0.2, -0.15) is 0 Å². The molecular weight excluding hydrogens is 296 g/mol. The van der Waals surface area contributed by atoms with Crippen LogP contribution >= 0.6 is 0 Å². The molecule has 2 aromatic carbocycles. The van der Waals surface area contributed by atoms with Gasteiger partial charge in [-0.1, -0.05) is 42.5 Å². The Balaban J connectivity index is 1.99. The summed E-state index contributed by atoms with van der Waals surface area (Å²) in [7, 11) is 0. The van der Waals surface area contributed by atoms with Crippen LogP contribution in [0.3, 0.4) is 0 Å². The lowest BCUT2D eigenvalue weighted by Crippen LogP contribution is -2.30. The van der Waals surface area contributed by atoms with Gasteiger partial charge in [-0.25, -0.2) is 0 Å². The number of para-hydroxylation sites is 1. The van der Waals surface area contributed by atoms with Crippen molar-refractivity contribution in [3.05, 3.63) is 81.6 Å². The topological polar surface area (TPSA) is 92.5 Å². The van der Waals surface area contributed by atoms with Crippen LogP contribution in [0.4, 0.5) is 5.69 Å². The van der Waals surface area contributed by atoms with Crippen molar-refractivity contribution in [2.45, 2.75) is 12.5 Å². The minimum atomic E-state index is -0.584. The summed E-state index contributed by atoms with van der Waals surface area (Å²) in [6.45, 7) is 0. The summed E-state index contributed by atoms with van der Waals surface area (Å²) in [6.07, 6.45) is 0.419. The lowest BCUT2D eigenvalue weighted by Gasteiger charge is -2.10. The Morgan fingerprint density at radius 2 is 1.74 bits per heavy atom. The average Bonchev–Trinajstić information content (AvgIpc) is 2.82. The molecule has 0 spiro atoms. The van der Waals surface area contributed by atoms with E-state index in [1.54, 1.807) is 6.07 Å². The number of nitro groups is 1. The maximum absolute atomic E-state index is 12.2. The molecule has 116 valence electrons. The molecule has 2 aromatic rings. The number of nitrogens with zero attached hydrogens (tertiary/aromatic N) is 1. The maximum atomic E-state index is 12.2. The van der Waals surface area contributed by atoms with Crippen molar-refractivity contribution in [2.75, 3.05) is 0 Å². The van der Waals surface area contributed by atoms with Crippen molar-refractivity contribution in [3.8, 4) is 0 Å². The number of carbonyl (C=O) groups excluding carboxylic acids is 1. The number of aliphatic hydroxyl groups excluding tert-OH is 1. The first kappa shape index (κ1) is 14.8. The fourth-order valence-corrected chi connectivity index (χ4v) is 2.69. The third-order valence-electron chi connectivity index (χ3n) is 3.77. The highest BCUT2D eigenvalue weighted by molar-refractivity contribution is 6.23. The van der Waals surface area contributed by atoms with Gasteiger partial charge in [0.1, 0.15) is 5.76 Å². The molecule has 1 heterocycles. The molecule has 0 saturated carbocycles. The zero-order valence-electron chi connectivity index (χ0n) is 12.1. The highest BCUT2D eigenvalue weighted by Crippen LogP contribution is 2.32. The number of hydrogen-bond donors (Lipinski definition) is 2. The highest BCUT2D eigenvalue weighted by atomic mass is 16.6. The molecule has 23 heavy (non-hydrogen) atoms. The molecule has 0 radical (unpaired) electrons. The first-order valence-corrected chi connectivity index (χ1v) is 7.09. The number of nitrogens with one attached hydrogen (secondary N) is 1. The summed E-state index contributed by atoms with van der Waals surface area (Å²) in [5.41, 5.74) is 0.846. The van der Waals surface area contributed by atoms with Gasteiger partial charge < -0.3 is 10.4 Å². The number of rotatable bonds is 4. The first-order chi connectivity index (χ1) is 11.1. The summed E-state index contributed by atoms with van der Waals surface area (Å²) in [5.74, 6) is -0.661. The molecule has 2 N–H and O–H groups in total. The van der Waals surface area contributed by atoms with Gasteiger partial charge in [-0.15, -0.1) is 0 Å². The van der Waals surface area contributed by atoms with Gasteiger partial charge in [-0.3, -0.25) is 14.9 Å². The van der Waals surface area contributed by atoms with E-state index in [0.717, 1.165) is 5.56 Å². The summed E-state index contributed by atoms with van der Waals surface area (Å²) in [6, 6.07) is 14.7. The Bertz CT molecular complexity index is 799. The van der Waals surface area contributed by atoms with Crippen LogP contribution in [0.25, 0.3) is 5.57 Å². The van der Waals surface area contributed by atoms with E-state index in [1.165, 1.54) is 18.2 Å². The van der Waals surface area contributed by atoms with Crippen LogP contribution in [0.2, 0.25) is 0 Å². The number of benzene rings is 2. The molecule has 0 fully saturated rings.